The number of anilines is 2. The maximum atomic E-state index is 14.2. The minimum atomic E-state index is -4.15. The van der Waals surface area contributed by atoms with Crippen LogP contribution in [-0.4, -0.2) is 86.5 Å². The highest BCUT2D eigenvalue weighted by atomic mass is 32.2. The number of amides is 2. The van der Waals surface area contributed by atoms with Crippen LogP contribution in [0.5, 0.6) is 5.75 Å². The molecule has 1 fully saturated rings. The van der Waals surface area contributed by atoms with E-state index in [1.54, 1.807) is 18.2 Å². The molecule has 1 aromatic heterocycles. The summed E-state index contributed by atoms with van der Waals surface area (Å²) in [5, 5.41) is 9.94. The molecule has 1 saturated heterocycles. The second-order valence-corrected chi connectivity index (χ2v) is 13.2. The molecule has 4 N–H and O–H groups in total. The van der Waals surface area contributed by atoms with E-state index in [4.69, 9.17) is 10.5 Å². The molecular weight excluding hydrogens is 565 g/mol. The molecule has 0 bridgehead atoms. The first-order valence-electron chi connectivity index (χ1n) is 13.4. The highest BCUT2D eigenvalue weighted by Gasteiger charge is 2.41. The maximum Gasteiger partial charge on any atom is 0.257 e. The van der Waals surface area contributed by atoms with E-state index < -0.39 is 33.1 Å². The zero-order valence-corrected chi connectivity index (χ0v) is 24.7. The molecule has 3 aromatic rings. The highest BCUT2D eigenvalue weighted by molar-refractivity contribution is 7.89. The Labute approximate surface area is 243 Å². The summed E-state index contributed by atoms with van der Waals surface area (Å²) in [6.45, 7) is 6.92. The number of nitrogens with two attached hydrogens (primary N) is 1. The SMILES string of the molecule is COc1cc(F)cc(S(=O)(=O)N2Cc3c(NC(=O)c4ccc(N5CCN(C)CC5)cc4C(N)=O)n[nH]c3C(C)(C)C2)c1. The smallest absolute Gasteiger partial charge is 0.257 e. The number of benzene rings is 2. The van der Waals surface area contributed by atoms with Gasteiger partial charge in [-0.25, -0.2) is 12.8 Å². The Morgan fingerprint density at radius 2 is 1.81 bits per heavy atom. The third kappa shape index (κ3) is 5.56. The van der Waals surface area contributed by atoms with Crippen molar-refractivity contribution >= 4 is 33.3 Å². The number of methoxy groups -OCH3 is 1. The van der Waals surface area contributed by atoms with E-state index in [1.807, 2.05) is 20.9 Å². The molecule has 0 spiro atoms. The number of likely N-dealkylation sites (N-methyl/N-ethyl adjacent to an activating group) is 1. The van der Waals surface area contributed by atoms with Gasteiger partial charge in [0.2, 0.25) is 15.9 Å². The van der Waals surface area contributed by atoms with Gasteiger partial charge in [-0.1, -0.05) is 13.8 Å². The quantitative estimate of drug-likeness (QED) is 0.373. The number of piperazine rings is 1. The largest absolute Gasteiger partial charge is 0.497 e. The molecule has 5 rings (SSSR count). The van der Waals surface area contributed by atoms with Crippen molar-refractivity contribution in [1.82, 2.24) is 19.4 Å². The minimum absolute atomic E-state index is 0.0675. The third-order valence-electron chi connectivity index (χ3n) is 7.78. The number of carbonyl (C=O) groups excluding carboxylic acids is 2. The van der Waals surface area contributed by atoms with Crippen LogP contribution in [0.25, 0.3) is 0 Å². The van der Waals surface area contributed by atoms with Crippen LogP contribution in [0.2, 0.25) is 0 Å². The minimum Gasteiger partial charge on any atom is -0.497 e. The predicted molar refractivity (Wildman–Crippen MR) is 155 cm³/mol. The van der Waals surface area contributed by atoms with Gasteiger partial charge in [-0.3, -0.25) is 14.7 Å². The Morgan fingerprint density at radius 3 is 2.48 bits per heavy atom. The molecule has 3 heterocycles. The number of ether oxygens (including phenoxy) is 1. The first-order valence-corrected chi connectivity index (χ1v) is 14.9. The molecule has 14 heteroatoms. The lowest BCUT2D eigenvalue weighted by molar-refractivity contribution is 0.0977. The standard InChI is InChI=1S/C28H34FN7O5S/c1-28(2)16-36(42(39,40)20-12-17(29)11-19(14-20)41-4)15-23-24(28)32-33-26(23)31-27(38)21-6-5-18(13-22(21)25(30)37)35-9-7-34(3)8-10-35/h5-6,11-14H,7-10,15-16H2,1-4H3,(H2,30,37)(H2,31,32,33,38). The fourth-order valence-corrected chi connectivity index (χ4v) is 7.04. The summed E-state index contributed by atoms with van der Waals surface area (Å²) in [5.74, 6) is -1.91. The molecule has 2 aliphatic rings. The number of fused-ring (bicyclic) bond motifs is 1. The second-order valence-electron chi connectivity index (χ2n) is 11.2. The summed E-state index contributed by atoms with van der Waals surface area (Å²) < 4.78 is 47.7. The Morgan fingerprint density at radius 1 is 1.10 bits per heavy atom. The van der Waals surface area contributed by atoms with Crippen molar-refractivity contribution in [2.75, 3.05) is 57.1 Å². The predicted octanol–water partition coefficient (Wildman–Crippen LogP) is 2.14. The Balaban J connectivity index is 1.43. The van der Waals surface area contributed by atoms with Crippen LogP contribution in [0.1, 0.15) is 45.8 Å². The molecule has 0 radical (unpaired) electrons. The van der Waals surface area contributed by atoms with Gasteiger partial charge >= 0.3 is 0 Å². The topological polar surface area (TPSA) is 154 Å². The lowest BCUT2D eigenvalue weighted by Gasteiger charge is -2.37. The number of primary amides is 1. The molecule has 0 aliphatic carbocycles. The van der Waals surface area contributed by atoms with Crippen LogP contribution in [-0.2, 0) is 22.0 Å². The first kappa shape index (κ1) is 29.5. The lowest BCUT2D eigenvalue weighted by Crippen LogP contribution is -2.45. The number of H-pyrrole nitrogens is 1. The van der Waals surface area contributed by atoms with Gasteiger partial charge in [0.25, 0.3) is 5.91 Å². The fraction of sp³-hybridized carbons (Fsp3) is 0.393. The van der Waals surface area contributed by atoms with E-state index in [9.17, 15) is 22.4 Å². The van der Waals surface area contributed by atoms with Gasteiger partial charge in [0.15, 0.2) is 5.82 Å². The van der Waals surface area contributed by atoms with E-state index in [-0.39, 0.29) is 40.7 Å². The lowest BCUT2D eigenvalue weighted by atomic mass is 9.84. The van der Waals surface area contributed by atoms with Crippen LogP contribution in [0.15, 0.2) is 41.3 Å². The summed E-state index contributed by atoms with van der Waals surface area (Å²) in [6.07, 6.45) is 0. The summed E-state index contributed by atoms with van der Waals surface area (Å²) in [4.78, 5) is 29.9. The number of nitrogens with one attached hydrogen (secondary N) is 2. The number of aromatic nitrogens is 2. The monoisotopic (exact) mass is 599 g/mol. The van der Waals surface area contributed by atoms with Crippen molar-refractivity contribution in [2.45, 2.75) is 30.7 Å². The van der Waals surface area contributed by atoms with Crippen molar-refractivity contribution < 1.29 is 27.1 Å². The number of aromatic amines is 1. The number of halogens is 1. The Kier molecular flexibility index (Phi) is 7.72. The van der Waals surface area contributed by atoms with E-state index in [0.29, 0.717) is 11.3 Å². The molecule has 42 heavy (non-hydrogen) atoms. The molecule has 2 aliphatic heterocycles. The summed E-state index contributed by atoms with van der Waals surface area (Å²) in [6, 6.07) is 8.25. The van der Waals surface area contributed by atoms with Crippen LogP contribution < -0.4 is 20.7 Å². The average molecular weight is 600 g/mol. The van der Waals surface area contributed by atoms with Crippen molar-refractivity contribution in [3.8, 4) is 5.75 Å². The number of hydrogen-bond acceptors (Lipinski definition) is 8. The van der Waals surface area contributed by atoms with Crippen molar-refractivity contribution in [3.63, 3.8) is 0 Å². The number of sulfonamides is 1. The maximum absolute atomic E-state index is 14.2. The number of rotatable bonds is 7. The van der Waals surface area contributed by atoms with Gasteiger partial charge in [-0.2, -0.15) is 9.40 Å². The van der Waals surface area contributed by atoms with Gasteiger partial charge in [0, 0.05) is 73.8 Å². The zero-order valence-electron chi connectivity index (χ0n) is 23.9. The van der Waals surface area contributed by atoms with Crippen LogP contribution in [0.3, 0.4) is 0 Å². The normalized spacial score (nSPS) is 17.5. The van der Waals surface area contributed by atoms with Crippen LogP contribution >= 0.6 is 0 Å². The Bertz CT molecular complexity index is 1650. The van der Waals surface area contributed by atoms with Gasteiger partial charge in [-0.05, 0) is 31.3 Å². The average Bonchev–Trinajstić information content (AvgIpc) is 3.36. The second kappa shape index (κ2) is 11.0. The first-order chi connectivity index (χ1) is 19.8. The summed E-state index contributed by atoms with van der Waals surface area (Å²) >= 11 is 0. The van der Waals surface area contributed by atoms with Gasteiger partial charge in [0.05, 0.1) is 23.1 Å². The van der Waals surface area contributed by atoms with E-state index in [1.165, 1.54) is 17.5 Å². The molecule has 0 unspecified atom stereocenters. The molecule has 0 saturated carbocycles. The molecule has 0 atom stereocenters. The highest BCUT2D eigenvalue weighted by Crippen LogP contribution is 2.38. The van der Waals surface area contributed by atoms with Crippen molar-refractivity contribution in [1.29, 1.82) is 0 Å². The van der Waals surface area contributed by atoms with E-state index >= 15 is 0 Å². The third-order valence-corrected chi connectivity index (χ3v) is 9.55. The van der Waals surface area contributed by atoms with Crippen molar-refractivity contribution in [3.05, 3.63) is 64.6 Å². The van der Waals surface area contributed by atoms with Crippen molar-refractivity contribution in [2.24, 2.45) is 5.73 Å². The number of nitrogens with zero attached hydrogens (tertiary/aromatic N) is 4. The van der Waals surface area contributed by atoms with Gasteiger partial charge in [0.1, 0.15) is 11.6 Å². The van der Waals surface area contributed by atoms with E-state index in [0.717, 1.165) is 44.0 Å². The van der Waals surface area contributed by atoms with Crippen LogP contribution in [0.4, 0.5) is 15.9 Å². The molecule has 2 aromatic carbocycles. The van der Waals surface area contributed by atoms with Gasteiger partial charge in [-0.15, -0.1) is 0 Å². The fourth-order valence-electron chi connectivity index (χ4n) is 5.43. The molecule has 2 amide bonds. The number of carbonyl (C=O) groups is 2. The van der Waals surface area contributed by atoms with E-state index in [2.05, 4.69) is 25.3 Å². The zero-order chi connectivity index (χ0) is 30.4. The molecular formula is C28H34FN7O5S. The van der Waals surface area contributed by atoms with Gasteiger partial charge < -0.3 is 25.6 Å². The Hall–Kier alpha value is -4.01. The summed E-state index contributed by atoms with van der Waals surface area (Å²) in [7, 11) is -0.785. The summed E-state index contributed by atoms with van der Waals surface area (Å²) in [5.41, 5.74) is 6.99. The molecule has 224 valence electrons. The number of hydrogen-bond donors (Lipinski definition) is 3. The van der Waals surface area contributed by atoms with Crippen LogP contribution in [0, 0.1) is 5.82 Å². The molecule has 12 nitrogen and oxygen atoms in total.